The number of hydrogen-bond acceptors (Lipinski definition) is 2. The number of amides is 1. The van der Waals surface area contributed by atoms with Crippen molar-refractivity contribution in [3.63, 3.8) is 0 Å². The molecule has 1 atom stereocenters. The Morgan fingerprint density at radius 1 is 1.12 bits per heavy atom. The van der Waals surface area contributed by atoms with E-state index in [4.69, 9.17) is 4.42 Å². The van der Waals surface area contributed by atoms with Crippen molar-refractivity contribution in [3.05, 3.63) is 84.1 Å². The van der Waals surface area contributed by atoms with E-state index in [0.717, 1.165) is 17.7 Å². The van der Waals surface area contributed by atoms with Gasteiger partial charge in [0.2, 0.25) is 5.91 Å². The van der Waals surface area contributed by atoms with Crippen LogP contribution in [0.15, 0.2) is 71.5 Å². The Morgan fingerprint density at radius 2 is 1.96 bits per heavy atom. The highest BCUT2D eigenvalue weighted by Gasteiger charge is 2.20. The summed E-state index contributed by atoms with van der Waals surface area (Å²) in [4.78, 5) is 12.4. The van der Waals surface area contributed by atoms with Crippen LogP contribution in [-0.2, 0) is 18.3 Å². The van der Waals surface area contributed by atoms with Gasteiger partial charge in [0.1, 0.15) is 5.76 Å². The lowest BCUT2D eigenvalue weighted by Gasteiger charge is -2.15. The van der Waals surface area contributed by atoms with Crippen molar-refractivity contribution in [2.24, 2.45) is 7.05 Å². The van der Waals surface area contributed by atoms with Crippen LogP contribution in [0.3, 0.4) is 0 Å². The summed E-state index contributed by atoms with van der Waals surface area (Å²) >= 11 is 0. The molecule has 0 radical (unpaired) electrons. The van der Waals surface area contributed by atoms with Crippen molar-refractivity contribution in [2.75, 3.05) is 6.54 Å². The molecule has 0 saturated heterocycles. The van der Waals surface area contributed by atoms with Crippen molar-refractivity contribution in [3.8, 4) is 0 Å². The number of benzene rings is 1. The van der Waals surface area contributed by atoms with Gasteiger partial charge in [-0.05, 0) is 29.8 Å². The minimum atomic E-state index is -0.0590. The molecule has 0 fully saturated rings. The highest BCUT2D eigenvalue weighted by Crippen LogP contribution is 2.28. The topological polar surface area (TPSA) is 47.2 Å². The maximum Gasteiger partial charge on any atom is 0.221 e. The summed E-state index contributed by atoms with van der Waals surface area (Å²) in [6.45, 7) is 0.635. The predicted molar refractivity (Wildman–Crippen MR) is 93.7 cm³/mol. The highest BCUT2D eigenvalue weighted by molar-refractivity contribution is 5.77. The van der Waals surface area contributed by atoms with Crippen LogP contribution in [-0.4, -0.2) is 17.0 Å². The fourth-order valence-electron chi connectivity index (χ4n) is 2.90. The highest BCUT2D eigenvalue weighted by atomic mass is 16.3. The van der Waals surface area contributed by atoms with Gasteiger partial charge >= 0.3 is 0 Å². The fraction of sp³-hybridized carbons (Fsp3) is 0.250. The van der Waals surface area contributed by atoms with E-state index in [9.17, 15) is 4.79 Å². The summed E-state index contributed by atoms with van der Waals surface area (Å²) in [6, 6.07) is 17.9. The molecule has 0 aliphatic carbocycles. The van der Waals surface area contributed by atoms with Gasteiger partial charge in [-0.15, -0.1) is 0 Å². The maximum absolute atomic E-state index is 12.4. The molecule has 3 aromatic rings. The van der Waals surface area contributed by atoms with Gasteiger partial charge in [-0.25, -0.2) is 0 Å². The molecule has 0 spiro atoms. The van der Waals surface area contributed by atoms with Crippen LogP contribution in [0.2, 0.25) is 0 Å². The second kappa shape index (κ2) is 7.68. The summed E-state index contributed by atoms with van der Waals surface area (Å²) in [5, 5.41) is 3.02. The van der Waals surface area contributed by atoms with Gasteiger partial charge in [-0.2, -0.15) is 0 Å². The Morgan fingerprint density at radius 3 is 2.62 bits per heavy atom. The van der Waals surface area contributed by atoms with Crippen LogP contribution in [0.4, 0.5) is 0 Å². The zero-order chi connectivity index (χ0) is 16.8. The third-order valence-corrected chi connectivity index (χ3v) is 4.23. The maximum atomic E-state index is 12.4. The molecule has 0 aliphatic rings. The average molecular weight is 322 g/mol. The van der Waals surface area contributed by atoms with Crippen LogP contribution < -0.4 is 5.32 Å². The van der Waals surface area contributed by atoms with Crippen molar-refractivity contribution in [2.45, 2.75) is 18.8 Å². The van der Waals surface area contributed by atoms with Crippen LogP contribution in [0.5, 0.6) is 0 Å². The number of carbonyl (C=O) groups is 1. The molecule has 2 heterocycles. The molecule has 1 aromatic carbocycles. The summed E-state index contributed by atoms with van der Waals surface area (Å²) in [5.41, 5.74) is 2.30. The molecule has 2 aromatic heterocycles. The monoisotopic (exact) mass is 322 g/mol. The molecule has 24 heavy (non-hydrogen) atoms. The van der Waals surface area contributed by atoms with Crippen molar-refractivity contribution in [1.29, 1.82) is 0 Å². The first-order valence-corrected chi connectivity index (χ1v) is 8.19. The first-order chi connectivity index (χ1) is 11.7. The lowest BCUT2D eigenvalue weighted by atomic mass is 9.93. The minimum absolute atomic E-state index is 0.0365. The SMILES string of the molecule is Cn1cccc1CCNC(=O)CC(c1ccccc1)c1ccco1. The Labute approximate surface area is 142 Å². The van der Waals surface area contributed by atoms with Gasteiger partial charge in [0.25, 0.3) is 0 Å². The second-order valence-corrected chi connectivity index (χ2v) is 5.89. The molecular weight excluding hydrogens is 300 g/mol. The fourth-order valence-corrected chi connectivity index (χ4v) is 2.90. The van der Waals surface area contributed by atoms with E-state index < -0.39 is 0 Å². The molecule has 0 saturated carbocycles. The zero-order valence-corrected chi connectivity index (χ0v) is 13.8. The van der Waals surface area contributed by atoms with Gasteiger partial charge in [-0.3, -0.25) is 4.79 Å². The van der Waals surface area contributed by atoms with Gasteiger partial charge in [0.05, 0.1) is 12.2 Å². The molecule has 1 amide bonds. The minimum Gasteiger partial charge on any atom is -0.469 e. The Kier molecular flexibility index (Phi) is 5.16. The average Bonchev–Trinajstić information content (AvgIpc) is 3.26. The summed E-state index contributed by atoms with van der Waals surface area (Å²) < 4.78 is 7.62. The standard InChI is InChI=1S/C20H22N2O2/c1-22-13-5-9-17(22)11-12-21-20(23)15-18(19-10-6-14-24-19)16-7-3-2-4-8-16/h2-10,13-14,18H,11-12,15H2,1H3,(H,21,23). The van der Waals surface area contributed by atoms with E-state index >= 15 is 0 Å². The number of aromatic nitrogens is 1. The molecule has 4 nitrogen and oxygen atoms in total. The predicted octanol–water partition coefficient (Wildman–Crippen LogP) is 3.50. The summed E-state index contributed by atoms with van der Waals surface area (Å²) in [6.07, 6.45) is 4.87. The van der Waals surface area contributed by atoms with E-state index in [1.807, 2.05) is 61.8 Å². The quantitative estimate of drug-likeness (QED) is 0.724. The van der Waals surface area contributed by atoms with Gasteiger partial charge in [0.15, 0.2) is 0 Å². The van der Waals surface area contributed by atoms with Crippen molar-refractivity contribution in [1.82, 2.24) is 9.88 Å². The zero-order valence-electron chi connectivity index (χ0n) is 13.8. The molecule has 0 aliphatic heterocycles. The Bertz CT molecular complexity index is 760. The van der Waals surface area contributed by atoms with E-state index in [1.54, 1.807) is 6.26 Å². The first-order valence-electron chi connectivity index (χ1n) is 8.19. The summed E-state index contributed by atoms with van der Waals surface area (Å²) in [7, 11) is 2.01. The number of hydrogen-bond donors (Lipinski definition) is 1. The Balaban J connectivity index is 1.60. The molecule has 124 valence electrons. The van der Waals surface area contributed by atoms with Gasteiger partial charge in [0, 0.05) is 38.3 Å². The second-order valence-electron chi connectivity index (χ2n) is 5.89. The van der Waals surface area contributed by atoms with Crippen LogP contribution >= 0.6 is 0 Å². The van der Waals surface area contributed by atoms with Crippen LogP contribution in [0, 0.1) is 0 Å². The normalized spacial score (nSPS) is 12.0. The largest absolute Gasteiger partial charge is 0.469 e. The number of aryl methyl sites for hydroxylation is 1. The van der Waals surface area contributed by atoms with E-state index in [0.29, 0.717) is 13.0 Å². The molecule has 0 bridgehead atoms. The molecule has 1 unspecified atom stereocenters. The molecule has 4 heteroatoms. The third-order valence-electron chi connectivity index (χ3n) is 4.23. The van der Waals surface area contributed by atoms with E-state index in [1.165, 1.54) is 5.69 Å². The van der Waals surface area contributed by atoms with E-state index in [2.05, 4.69) is 16.0 Å². The van der Waals surface area contributed by atoms with Gasteiger partial charge < -0.3 is 14.3 Å². The number of carbonyl (C=O) groups excluding carboxylic acids is 1. The van der Waals surface area contributed by atoms with Crippen LogP contribution in [0.25, 0.3) is 0 Å². The van der Waals surface area contributed by atoms with E-state index in [-0.39, 0.29) is 11.8 Å². The lowest BCUT2D eigenvalue weighted by molar-refractivity contribution is -0.121. The number of furan rings is 1. The number of nitrogens with zero attached hydrogens (tertiary/aromatic N) is 1. The van der Waals surface area contributed by atoms with Crippen molar-refractivity contribution >= 4 is 5.91 Å². The number of nitrogens with one attached hydrogen (secondary N) is 1. The molecular formula is C20H22N2O2. The first kappa shape index (κ1) is 16.1. The molecule has 3 rings (SSSR count). The lowest BCUT2D eigenvalue weighted by Crippen LogP contribution is -2.27. The van der Waals surface area contributed by atoms with Crippen LogP contribution in [0.1, 0.15) is 29.4 Å². The molecule has 1 N–H and O–H groups in total. The third kappa shape index (κ3) is 3.96. The van der Waals surface area contributed by atoms with Gasteiger partial charge in [-0.1, -0.05) is 30.3 Å². The smallest absolute Gasteiger partial charge is 0.221 e. The van der Waals surface area contributed by atoms with Crippen molar-refractivity contribution < 1.29 is 9.21 Å². The summed E-state index contributed by atoms with van der Waals surface area (Å²) in [5.74, 6) is 0.796. The number of rotatable bonds is 7. The Hall–Kier alpha value is -2.75.